The smallest absolute Gasteiger partial charge is 0.241 e. The molecule has 7 heteroatoms. The number of nitrogens with zero attached hydrogens (tertiary/aromatic N) is 3. The summed E-state index contributed by atoms with van der Waals surface area (Å²) in [5.74, 6) is 0.0687. The van der Waals surface area contributed by atoms with Crippen molar-refractivity contribution in [3.05, 3.63) is 45.6 Å². The van der Waals surface area contributed by atoms with Crippen molar-refractivity contribution >= 4 is 40.2 Å². The van der Waals surface area contributed by atoms with Crippen LogP contribution in [0.25, 0.3) is 0 Å². The van der Waals surface area contributed by atoms with E-state index in [-0.39, 0.29) is 11.9 Å². The molecule has 162 valence electrons. The molecule has 2 aliphatic heterocycles. The van der Waals surface area contributed by atoms with Crippen molar-refractivity contribution in [1.82, 2.24) is 9.80 Å². The van der Waals surface area contributed by atoms with Crippen LogP contribution in [-0.4, -0.2) is 61.0 Å². The maximum absolute atomic E-state index is 12.8. The summed E-state index contributed by atoms with van der Waals surface area (Å²) in [5, 5.41) is 3.10. The minimum Gasteiger partial charge on any atom is -0.372 e. The van der Waals surface area contributed by atoms with Gasteiger partial charge in [0.15, 0.2) is 0 Å². The van der Waals surface area contributed by atoms with E-state index in [4.69, 9.17) is 11.6 Å². The summed E-state index contributed by atoms with van der Waals surface area (Å²) in [6.45, 7) is 8.96. The van der Waals surface area contributed by atoms with Crippen LogP contribution in [0.5, 0.6) is 0 Å². The molecule has 5 nitrogen and oxygen atoms in total. The monoisotopic (exact) mass is 446 g/mol. The number of hydrogen-bond acceptors (Lipinski definition) is 5. The summed E-state index contributed by atoms with van der Waals surface area (Å²) in [7, 11) is 0. The Morgan fingerprint density at radius 2 is 1.70 bits per heavy atom. The summed E-state index contributed by atoms with van der Waals surface area (Å²) in [4.78, 5) is 21.2. The predicted octanol–water partition coefficient (Wildman–Crippen LogP) is 4.54. The first-order chi connectivity index (χ1) is 14.6. The van der Waals surface area contributed by atoms with Crippen LogP contribution in [0, 0.1) is 0 Å². The molecule has 1 aromatic heterocycles. The van der Waals surface area contributed by atoms with Gasteiger partial charge in [0.1, 0.15) is 0 Å². The first kappa shape index (κ1) is 21.6. The third-order valence-electron chi connectivity index (χ3n) is 6.20. The lowest BCUT2D eigenvalue weighted by atomic mass is 10.1. The summed E-state index contributed by atoms with van der Waals surface area (Å²) in [6, 6.07) is 12.2. The molecule has 1 amide bonds. The number of piperazine rings is 1. The molecule has 0 aliphatic carbocycles. The second kappa shape index (κ2) is 10.1. The quantitative estimate of drug-likeness (QED) is 0.707. The SMILES string of the molecule is C[C@@H](C(=O)Nc1ccc(N2CCCCC2)cc1)N1CCN(Cc2ccc(Cl)s2)CC1. The summed E-state index contributed by atoms with van der Waals surface area (Å²) in [6.07, 6.45) is 3.87. The zero-order valence-electron chi connectivity index (χ0n) is 17.6. The summed E-state index contributed by atoms with van der Waals surface area (Å²) >= 11 is 7.68. The van der Waals surface area contributed by atoms with Crippen LogP contribution in [0.3, 0.4) is 0 Å². The molecule has 30 heavy (non-hydrogen) atoms. The van der Waals surface area contributed by atoms with Crippen molar-refractivity contribution in [2.45, 2.75) is 38.8 Å². The Morgan fingerprint density at radius 1 is 1.00 bits per heavy atom. The van der Waals surface area contributed by atoms with E-state index in [1.54, 1.807) is 11.3 Å². The highest BCUT2D eigenvalue weighted by Crippen LogP contribution is 2.24. The zero-order chi connectivity index (χ0) is 20.9. The lowest BCUT2D eigenvalue weighted by molar-refractivity contribution is -0.121. The number of amides is 1. The molecule has 2 aliphatic rings. The number of hydrogen-bond donors (Lipinski definition) is 1. The van der Waals surface area contributed by atoms with E-state index in [0.717, 1.165) is 55.8 Å². The number of piperidine rings is 1. The number of rotatable bonds is 6. The molecule has 1 aromatic carbocycles. The predicted molar refractivity (Wildman–Crippen MR) is 127 cm³/mol. The maximum atomic E-state index is 12.8. The minimum atomic E-state index is -0.134. The van der Waals surface area contributed by atoms with Crippen LogP contribution in [-0.2, 0) is 11.3 Å². The van der Waals surface area contributed by atoms with Gasteiger partial charge < -0.3 is 10.2 Å². The molecule has 1 atom stereocenters. The van der Waals surface area contributed by atoms with Crippen LogP contribution in [0.4, 0.5) is 11.4 Å². The molecule has 0 unspecified atom stereocenters. The fourth-order valence-corrected chi connectivity index (χ4v) is 5.42. The van der Waals surface area contributed by atoms with E-state index in [1.165, 1.54) is 29.8 Å². The van der Waals surface area contributed by atoms with Gasteiger partial charge in [0.05, 0.1) is 10.4 Å². The van der Waals surface area contributed by atoms with Gasteiger partial charge in [0, 0.05) is 62.1 Å². The molecule has 4 rings (SSSR count). The van der Waals surface area contributed by atoms with Crippen LogP contribution in [0.2, 0.25) is 4.34 Å². The molecule has 0 bridgehead atoms. The van der Waals surface area contributed by atoms with Gasteiger partial charge in [0.2, 0.25) is 5.91 Å². The number of thiophene rings is 1. The first-order valence-corrected chi connectivity index (χ1v) is 12.1. The number of benzene rings is 1. The van der Waals surface area contributed by atoms with Gasteiger partial charge in [-0.1, -0.05) is 11.6 Å². The standard InChI is InChI=1S/C23H31ClN4OS/c1-18(27-15-13-26(14-16-27)17-21-9-10-22(24)30-21)23(29)25-19-5-7-20(8-6-19)28-11-3-2-4-12-28/h5-10,18H,2-4,11-17H2,1H3,(H,25,29)/t18-/m0/s1. The van der Waals surface area contributed by atoms with Crippen molar-refractivity contribution in [1.29, 1.82) is 0 Å². The van der Waals surface area contributed by atoms with E-state index in [9.17, 15) is 4.79 Å². The molecule has 2 aromatic rings. The Hall–Kier alpha value is -1.60. The first-order valence-electron chi connectivity index (χ1n) is 10.9. The fourth-order valence-electron chi connectivity index (χ4n) is 4.29. The Morgan fingerprint density at radius 3 is 2.33 bits per heavy atom. The van der Waals surface area contributed by atoms with E-state index in [2.05, 4.69) is 38.2 Å². The Kier molecular flexibility index (Phi) is 7.31. The Balaban J connectivity index is 1.24. The highest BCUT2D eigenvalue weighted by atomic mass is 35.5. The Bertz CT molecular complexity index is 826. The number of anilines is 2. The molecule has 0 spiro atoms. The average molecular weight is 447 g/mol. The van der Waals surface area contributed by atoms with Crippen LogP contribution >= 0.6 is 22.9 Å². The van der Waals surface area contributed by atoms with E-state index in [1.807, 2.05) is 25.1 Å². The van der Waals surface area contributed by atoms with E-state index < -0.39 is 0 Å². The highest BCUT2D eigenvalue weighted by Gasteiger charge is 2.26. The molecular weight excluding hydrogens is 416 g/mol. The van der Waals surface area contributed by atoms with Gasteiger partial charge in [-0.2, -0.15) is 0 Å². The molecule has 0 saturated carbocycles. The molecule has 2 fully saturated rings. The number of halogens is 1. The maximum Gasteiger partial charge on any atom is 0.241 e. The summed E-state index contributed by atoms with van der Waals surface area (Å²) < 4.78 is 0.845. The molecular formula is C23H31ClN4OS. The van der Waals surface area contributed by atoms with Crippen LogP contribution in [0.15, 0.2) is 36.4 Å². The van der Waals surface area contributed by atoms with Crippen LogP contribution < -0.4 is 10.2 Å². The summed E-state index contributed by atoms with van der Waals surface area (Å²) in [5.41, 5.74) is 2.13. The average Bonchev–Trinajstić information content (AvgIpc) is 3.19. The lowest BCUT2D eigenvalue weighted by Crippen LogP contribution is -2.52. The van der Waals surface area contributed by atoms with Gasteiger partial charge in [-0.3, -0.25) is 14.6 Å². The topological polar surface area (TPSA) is 38.8 Å². The van der Waals surface area contributed by atoms with Crippen molar-refractivity contribution in [3.8, 4) is 0 Å². The molecule has 0 radical (unpaired) electrons. The fraction of sp³-hybridized carbons (Fsp3) is 0.522. The molecule has 3 heterocycles. The van der Waals surface area contributed by atoms with Gasteiger partial charge in [-0.05, 0) is 62.6 Å². The normalized spacial score (nSPS) is 19.6. The van der Waals surface area contributed by atoms with Gasteiger partial charge in [0.25, 0.3) is 0 Å². The van der Waals surface area contributed by atoms with Gasteiger partial charge >= 0.3 is 0 Å². The van der Waals surface area contributed by atoms with Crippen molar-refractivity contribution in [2.24, 2.45) is 0 Å². The van der Waals surface area contributed by atoms with Crippen molar-refractivity contribution < 1.29 is 4.79 Å². The van der Waals surface area contributed by atoms with Crippen molar-refractivity contribution in [3.63, 3.8) is 0 Å². The zero-order valence-corrected chi connectivity index (χ0v) is 19.2. The highest BCUT2D eigenvalue weighted by molar-refractivity contribution is 7.16. The van der Waals surface area contributed by atoms with Gasteiger partial charge in [-0.15, -0.1) is 11.3 Å². The van der Waals surface area contributed by atoms with E-state index >= 15 is 0 Å². The largest absolute Gasteiger partial charge is 0.372 e. The minimum absolute atomic E-state index is 0.0687. The third-order valence-corrected chi connectivity index (χ3v) is 7.41. The molecule has 2 saturated heterocycles. The van der Waals surface area contributed by atoms with Gasteiger partial charge in [-0.25, -0.2) is 0 Å². The number of carbonyl (C=O) groups is 1. The van der Waals surface area contributed by atoms with Crippen LogP contribution in [0.1, 0.15) is 31.1 Å². The Labute approximate surface area is 188 Å². The number of carbonyl (C=O) groups excluding carboxylic acids is 1. The second-order valence-corrected chi connectivity index (χ2v) is 10.1. The lowest BCUT2D eigenvalue weighted by Gasteiger charge is -2.37. The second-order valence-electron chi connectivity index (χ2n) is 8.28. The number of nitrogens with one attached hydrogen (secondary N) is 1. The van der Waals surface area contributed by atoms with E-state index in [0.29, 0.717) is 0 Å². The van der Waals surface area contributed by atoms with Crippen molar-refractivity contribution in [2.75, 3.05) is 49.5 Å². The third kappa shape index (κ3) is 5.55. The molecule has 1 N–H and O–H groups in total.